The lowest BCUT2D eigenvalue weighted by atomic mass is 9.97. The molecule has 92 valence electrons. The molecule has 0 aliphatic rings. The zero-order chi connectivity index (χ0) is 13.0. The maximum absolute atomic E-state index is 4.42. The number of aromatic nitrogens is 3. The van der Waals surface area contributed by atoms with Crippen LogP contribution in [0.3, 0.4) is 0 Å². The molecule has 3 heterocycles. The lowest BCUT2D eigenvalue weighted by Gasteiger charge is -2.08. The predicted molar refractivity (Wildman–Crippen MR) is 78.4 cm³/mol. The maximum atomic E-state index is 4.42. The average Bonchev–Trinajstić information content (AvgIpc) is 2.84. The quantitative estimate of drug-likeness (QED) is 0.512. The number of fused-ring (bicyclic) bond motifs is 4. The van der Waals surface area contributed by atoms with E-state index >= 15 is 0 Å². The SMILES string of the molecule is Cc1c2cnccc2c(C)c2c1[nH]c1ncccc12. The molecule has 0 saturated heterocycles. The normalized spacial score (nSPS) is 11.7. The molecule has 3 heteroatoms. The van der Waals surface area contributed by atoms with Gasteiger partial charge in [0, 0.05) is 34.7 Å². The zero-order valence-corrected chi connectivity index (χ0v) is 10.9. The molecule has 0 amide bonds. The summed E-state index contributed by atoms with van der Waals surface area (Å²) in [6.45, 7) is 4.31. The third kappa shape index (κ3) is 1.27. The van der Waals surface area contributed by atoms with Crippen molar-refractivity contribution in [2.45, 2.75) is 13.8 Å². The summed E-state index contributed by atoms with van der Waals surface area (Å²) >= 11 is 0. The van der Waals surface area contributed by atoms with Crippen LogP contribution in [0.1, 0.15) is 11.1 Å². The van der Waals surface area contributed by atoms with E-state index in [-0.39, 0.29) is 0 Å². The fraction of sp³-hybridized carbons (Fsp3) is 0.125. The molecule has 19 heavy (non-hydrogen) atoms. The predicted octanol–water partition coefficient (Wildman–Crippen LogP) is 3.88. The molecular formula is C16H13N3. The first-order chi connectivity index (χ1) is 9.27. The van der Waals surface area contributed by atoms with Gasteiger partial charge in [0.2, 0.25) is 0 Å². The number of aryl methyl sites for hydroxylation is 2. The van der Waals surface area contributed by atoms with Crippen molar-refractivity contribution >= 4 is 32.7 Å². The van der Waals surface area contributed by atoms with Crippen LogP contribution >= 0.6 is 0 Å². The highest BCUT2D eigenvalue weighted by Gasteiger charge is 2.13. The second kappa shape index (κ2) is 3.54. The summed E-state index contributed by atoms with van der Waals surface area (Å²) in [5, 5.41) is 4.94. The lowest BCUT2D eigenvalue weighted by molar-refractivity contribution is 1.33. The Balaban J connectivity index is 2.39. The highest BCUT2D eigenvalue weighted by Crippen LogP contribution is 2.35. The molecule has 0 unspecified atom stereocenters. The van der Waals surface area contributed by atoms with Crippen LogP contribution in [0.4, 0.5) is 0 Å². The Bertz CT molecular complexity index is 935. The van der Waals surface area contributed by atoms with Crippen molar-refractivity contribution < 1.29 is 0 Å². The van der Waals surface area contributed by atoms with E-state index in [1.54, 1.807) is 0 Å². The van der Waals surface area contributed by atoms with Gasteiger partial charge in [-0.2, -0.15) is 0 Å². The minimum Gasteiger partial charge on any atom is -0.339 e. The molecule has 0 saturated carbocycles. The van der Waals surface area contributed by atoms with Crippen LogP contribution in [0.15, 0.2) is 36.8 Å². The highest BCUT2D eigenvalue weighted by atomic mass is 14.8. The van der Waals surface area contributed by atoms with Gasteiger partial charge < -0.3 is 4.98 Å². The Labute approximate surface area is 110 Å². The third-order valence-electron chi connectivity index (χ3n) is 3.95. The van der Waals surface area contributed by atoms with E-state index < -0.39 is 0 Å². The molecule has 1 aromatic carbocycles. The molecule has 0 bridgehead atoms. The largest absolute Gasteiger partial charge is 0.339 e. The molecule has 3 aromatic heterocycles. The van der Waals surface area contributed by atoms with Gasteiger partial charge in [0.15, 0.2) is 0 Å². The number of nitrogens with zero attached hydrogens (tertiary/aromatic N) is 2. The molecule has 4 rings (SSSR count). The van der Waals surface area contributed by atoms with Crippen molar-refractivity contribution in [3.63, 3.8) is 0 Å². The Morgan fingerprint density at radius 3 is 2.74 bits per heavy atom. The van der Waals surface area contributed by atoms with Gasteiger partial charge >= 0.3 is 0 Å². The van der Waals surface area contributed by atoms with Crippen molar-refractivity contribution in [2.24, 2.45) is 0 Å². The molecule has 1 N–H and O–H groups in total. The van der Waals surface area contributed by atoms with Crippen LogP contribution in [0.2, 0.25) is 0 Å². The number of H-pyrrole nitrogens is 1. The fourth-order valence-corrected chi connectivity index (χ4v) is 2.98. The van der Waals surface area contributed by atoms with Gasteiger partial charge in [-0.05, 0) is 48.6 Å². The summed E-state index contributed by atoms with van der Waals surface area (Å²) < 4.78 is 0. The minimum atomic E-state index is 0.951. The fourth-order valence-electron chi connectivity index (χ4n) is 2.98. The van der Waals surface area contributed by atoms with Crippen molar-refractivity contribution in [1.82, 2.24) is 15.0 Å². The van der Waals surface area contributed by atoms with Crippen LogP contribution in [-0.4, -0.2) is 15.0 Å². The molecular weight excluding hydrogens is 234 g/mol. The molecule has 0 aliphatic heterocycles. The standard InChI is InChI=1S/C16H13N3/c1-9-11-5-7-17-8-13(11)10(2)15-14(9)12-4-3-6-18-16(12)19-15/h3-8H,1-2H3,(H,18,19). The Hall–Kier alpha value is -2.42. The molecule has 4 aromatic rings. The highest BCUT2D eigenvalue weighted by molar-refractivity contribution is 6.15. The van der Waals surface area contributed by atoms with Crippen LogP contribution in [0.25, 0.3) is 32.7 Å². The van der Waals surface area contributed by atoms with Gasteiger partial charge in [-0.3, -0.25) is 4.98 Å². The van der Waals surface area contributed by atoms with E-state index in [1.807, 2.05) is 24.7 Å². The number of pyridine rings is 2. The third-order valence-corrected chi connectivity index (χ3v) is 3.95. The minimum absolute atomic E-state index is 0.951. The van der Waals surface area contributed by atoms with E-state index in [2.05, 4.69) is 40.9 Å². The lowest BCUT2D eigenvalue weighted by Crippen LogP contribution is -1.87. The summed E-state index contributed by atoms with van der Waals surface area (Å²) in [6, 6.07) is 6.20. The molecule has 0 fully saturated rings. The van der Waals surface area contributed by atoms with Gasteiger partial charge in [0.05, 0.1) is 5.52 Å². The smallest absolute Gasteiger partial charge is 0.138 e. The summed E-state index contributed by atoms with van der Waals surface area (Å²) in [5.41, 5.74) is 4.65. The Morgan fingerprint density at radius 2 is 1.84 bits per heavy atom. The molecule has 0 radical (unpaired) electrons. The second-order valence-electron chi connectivity index (χ2n) is 4.95. The average molecular weight is 247 g/mol. The molecule has 0 spiro atoms. The molecule has 3 nitrogen and oxygen atoms in total. The van der Waals surface area contributed by atoms with E-state index in [9.17, 15) is 0 Å². The van der Waals surface area contributed by atoms with Gasteiger partial charge in [-0.1, -0.05) is 0 Å². The van der Waals surface area contributed by atoms with Crippen molar-refractivity contribution in [2.75, 3.05) is 0 Å². The van der Waals surface area contributed by atoms with Crippen LogP contribution in [-0.2, 0) is 0 Å². The zero-order valence-electron chi connectivity index (χ0n) is 10.9. The summed E-state index contributed by atoms with van der Waals surface area (Å²) in [7, 11) is 0. The maximum Gasteiger partial charge on any atom is 0.138 e. The van der Waals surface area contributed by atoms with Crippen molar-refractivity contribution in [3.8, 4) is 0 Å². The van der Waals surface area contributed by atoms with Crippen molar-refractivity contribution in [3.05, 3.63) is 47.9 Å². The van der Waals surface area contributed by atoms with Gasteiger partial charge in [0.1, 0.15) is 5.65 Å². The number of benzene rings is 1. The Kier molecular flexibility index (Phi) is 1.96. The summed E-state index contributed by atoms with van der Waals surface area (Å²) in [4.78, 5) is 12.1. The van der Waals surface area contributed by atoms with E-state index in [0.717, 1.165) is 5.65 Å². The Morgan fingerprint density at radius 1 is 0.947 bits per heavy atom. The summed E-state index contributed by atoms with van der Waals surface area (Å²) in [5.74, 6) is 0. The van der Waals surface area contributed by atoms with Gasteiger partial charge in [0.25, 0.3) is 0 Å². The number of nitrogens with one attached hydrogen (secondary N) is 1. The number of aromatic amines is 1. The van der Waals surface area contributed by atoms with Crippen molar-refractivity contribution in [1.29, 1.82) is 0 Å². The van der Waals surface area contributed by atoms with Gasteiger partial charge in [-0.25, -0.2) is 4.98 Å². The number of hydrogen-bond acceptors (Lipinski definition) is 2. The molecule has 0 aliphatic carbocycles. The molecule has 0 atom stereocenters. The van der Waals surface area contributed by atoms with E-state index in [4.69, 9.17) is 0 Å². The number of rotatable bonds is 0. The monoisotopic (exact) mass is 247 g/mol. The number of hydrogen-bond donors (Lipinski definition) is 1. The second-order valence-corrected chi connectivity index (χ2v) is 4.95. The van der Waals surface area contributed by atoms with Crippen LogP contribution < -0.4 is 0 Å². The van der Waals surface area contributed by atoms with Crippen LogP contribution in [0, 0.1) is 13.8 Å². The first-order valence-electron chi connectivity index (χ1n) is 6.36. The van der Waals surface area contributed by atoms with E-state index in [1.165, 1.54) is 38.2 Å². The summed E-state index contributed by atoms with van der Waals surface area (Å²) in [6.07, 6.45) is 5.62. The first-order valence-corrected chi connectivity index (χ1v) is 6.36. The topological polar surface area (TPSA) is 41.6 Å². The van der Waals surface area contributed by atoms with Gasteiger partial charge in [-0.15, -0.1) is 0 Å². The first kappa shape index (κ1) is 10.5. The van der Waals surface area contributed by atoms with E-state index in [0.29, 0.717) is 0 Å². The van der Waals surface area contributed by atoms with Crippen LogP contribution in [0.5, 0.6) is 0 Å².